The third-order valence-electron chi connectivity index (χ3n) is 4.69. The predicted molar refractivity (Wildman–Crippen MR) is 111 cm³/mol. The number of aryl methyl sites for hydroxylation is 1. The standard InChI is InChI=1S/C20H20N6O3S/c1-14-4-2-5-15(12-14)26-19(25-7-10-27-11-8-25)23-24-20(26)30-13-17-21-22-18(29-17)16-6-3-9-28-16/h2-6,9,12H,7-8,10-11,13H2,1H3. The van der Waals surface area contributed by atoms with Gasteiger partial charge in [0.25, 0.3) is 5.89 Å². The summed E-state index contributed by atoms with van der Waals surface area (Å²) in [5.41, 5.74) is 2.19. The lowest BCUT2D eigenvalue weighted by Gasteiger charge is -2.28. The molecular formula is C20H20N6O3S. The van der Waals surface area contributed by atoms with Crippen LogP contribution in [0.4, 0.5) is 5.95 Å². The maximum Gasteiger partial charge on any atom is 0.283 e. The van der Waals surface area contributed by atoms with Gasteiger partial charge in [0.2, 0.25) is 11.8 Å². The molecule has 0 spiro atoms. The van der Waals surface area contributed by atoms with Crippen molar-refractivity contribution in [2.24, 2.45) is 0 Å². The molecule has 1 aromatic carbocycles. The Kier molecular flexibility index (Phi) is 5.24. The van der Waals surface area contributed by atoms with Gasteiger partial charge in [-0.25, -0.2) is 0 Å². The van der Waals surface area contributed by atoms with Crippen molar-refractivity contribution in [3.05, 3.63) is 54.1 Å². The third kappa shape index (κ3) is 3.83. The minimum absolute atomic E-state index is 0.366. The van der Waals surface area contributed by atoms with Crippen LogP contribution in [-0.4, -0.2) is 51.3 Å². The zero-order valence-corrected chi connectivity index (χ0v) is 17.2. The van der Waals surface area contributed by atoms with Gasteiger partial charge in [0, 0.05) is 13.1 Å². The predicted octanol–water partition coefficient (Wildman–Crippen LogP) is 3.35. The van der Waals surface area contributed by atoms with E-state index in [0.717, 1.165) is 29.9 Å². The van der Waals surface area contributed by atoms with Crippen LogP contribution in [-0.2, 0) is 10.5 Å². The molecule has 154 valence electrons. The fourth-order valence-corrected chi connectivity index (χ4v) is 4.04. The molecule has 1 fully saturated rings. The molecule has 0 atom stereocenters. The molecule has 3 aromatic heterocycles. The van der Waals surface area contributed by atoms with Crippen LogP contribution in [0.15, 0.2) is 56.7 Å². The highest BCUT2D eigenvalue weighted by Gasteiger charge is 2.22. The van der Waals surface area contributed by atoms with Crippen molar-refractivity contribution in [2.75, 3.05) is 31.2 Å². The molecule has 30 heavy (non-hydrogen) atoms. The van der Waals surface area contributed by atoms with Gasteiger partial charge in [-0.1, -0.05) is 23.9 Å². The average molecular weight is 424 g/mol. The topological polar surface area (TPSA) is 95.2 Å². The van der Waals surface area contributed by atoms with Gasteiger partial charge in [-0.3, -0.25) is 4.57 Å². The molecule has 4 aromatic rings. The second kappa shape index (κ2) is 8.33. The summed E-state index contributed by atoms with van der Waals surface area (Å²) in [5.74, 6) is 2.70. The Bertz CT molecular complexity index is 1120. The Morgan fingerprint density at radius 2 is 1.93 bits per heavy atom. The van der Waals surface area contributed by atoms with Gasteiger partial charge in [0.15, 0.2) is 10.9 Å². The Hall–Kier alpha value is -3.11. The molecule has 0 amide bonds. The van der Waals surface area contributed by atoms with E-state index in [1.807, 2.05) is 6.07 Å². The van der Waals surface area contributed by atoms with E-state index in [2.05, 4.69) is 55.0 Å². The molecule has 10 heteroatoms. The van der Waals surface area contributed by atoms with Gasteiger partial charge >= 0.3 is 0 Å². The number of furan rings is 1. The first-order valence-corrected chi connectivity index (χ1v) is 10.6. The van der Waals surface area contributed by atoms with Crippen molar-refractivity contribution in [1.29, 1.82) is 0 Å². The number of thioether (sulfide) groups is 1. The highest BCUT2D eigenvalue weighted by Crippen LogP contribution is 2.30. The fraction of sp³-hybridized carbons (Fsp3) is 0.300. The third-order valence-corrected chi connectivity index (χ3v) is 5.61. The quantitative estimate of drug-likeness (QED) is 0.432. The minimum Gasteiger partial charge on any atom is -0.459 e. The van der Waals surface area contributed by atoms with E-state index in [1.54, 1.807) is 18.4 Å². The number of ether oxygens (including phenoxy) is 1. The monoisotopic (exact) mass is 424 g/mol. The second-order valence-electron chi connectivity index (χ2n) is 6.82. The van der Waals surface area contributed by atoms with Gasteiger partial charge in [-0.05, 0) is 36.8 Å². The Balaban J connectivity index is 1.42. The summed E-state index contributed by atoms with van der Waals surface area (Å²) < 4.78 is 18.6. The Labute approximate surface area is 177 Å². The lowest BCUT2D eigenvalue weighted by molar-refractivity contribution is 0.122. The fourth-order valence-electron chi connectivity index (χ4n) is 3.25. The van der Waals surface area contributed by atoms with Gasteiger partial charge in [0.05, 0.1) is 30.9 Å². The van der Waals surface area contributed by atoms with Crippen LogP contribution in [0.3, 0.4) is 0 Å². The van der Waals surface area contributed by atoms with Crippen molar-refractivity contribution in [2.45, 2.75) is 17.8 Å². The van der Waals surface area contributed by atoms with Crippen molar-refractivity contribution >= 4 is 17.7 Å². The molecule has 0 unspecified atom stereocenters. The van der Waals surface area contributed by atoms with Gasteiger partial charge in [-0.2, -0.15) is 0 Å². The summed E-state index contributed by atoms with van der Waals surface area (Å²) in [7, 11) is 0. The second-order valence-corrected chi connectivity index (χ2v) is 7.77. The number of morpholine rings is 1. The van der Waals surface area contributed by atoms with Crippen molar-refractivity contribution in [3.8, 4) is 17.3 Å². The van der Waals surface area contributed by atoms with Gasteiger partial charge in [0.1, 0.15) is 0 Å². The van der Waals surface area contributed by atoms with Crippen LogP contribution in [0, 0.1) is 6.92 Å². The first-order chi connectivity index (χ1) is 14.8. The lowest BCUT2D eigenvalue weighted by Crippen LogP contribution is -2.37. The molecule has 0 N–H and O–H groups in total. The van der Waals surface area contributed by atoms with E-state index < -0.39 is 0 Å². The number of nitrogens with zero attached hydrogens (tertiary/aromatic N) is 6. The highest BCUT2D eigenvalue weighted by molar-refractivity contribution is 7.98. The number of anilines is 1. The number of benzene rings is 1. The van der Waals surface area contributed by atoms with E-state index in [0.29, 0.717) is 36.5 Å². The first kappa shape index (κ1) is 18.9. The largest absolute Gasteiger partial charge is 0.459 e. The molecule has 0 saturated carbocycles. The van der Waals surface area contributed by atoms with Gasteiger partial charge in [-0.15, -0.1) is 20.4 Å². The zero-order chi connectivity index (χ0) is 20.3. The number of hydrogen-bond acceptors (Lipinski definition) is 9. The first-order valence-electron chi connectivity index (χ1n) is 9.62. The summed E-state index contributed by atoms with van der Waals surface area (Å²) in [4.78, 5) is 2.20. The summed E-state index contributed by atoms with van der Waals surface area (Å²) in [6, 6.07) is 11.9. The number of hydrogen-bond donors (Lipinski definition) is 0. The van der Waals surface area contributed by atoms with Crippen LogP contribution < -0.4 is 4.90 Å². The SMILES string of the molecule is Cc1cccc(-n2c(SCc3nnc(-c4ccco4)o3)nnc2N2CCOCC2)c1. The van der Waals surface area contributed by atoms with Crippen LogP contribution in [0.1, 0.15) is 11.5 Å². The Morgan fingerprint density at radius 1 is 1.03 bits per heavy atom. The molecular weight excluding hydrogens is 404 g/mol. The van der Waals surface area contributed by atoms with Crippen molar-refractivity contribution in [1.82, 2.24) is 25.0 Å². The molecule has 9 nitrogen and oxygen atoms in total. The number of rotatable bonds is 6. The smallest absolute Gasteiger partial charge is 0.283 e. The van der Waals surface area contributed by atoms with E-state index in [-0.39, 0.29) is 0 Å². The Morgan fingerprint density at radius 3 is 2.73 bits per heavy atom. The van der Waals surface area contributed by atoms with Crippen molar-refractivity contribution in [3.63, 3.8) is 0 Å². The highest BCUT2D eigenvalue weighted by atomic mass is 32.2. The molecule has 5 rings (SSSR count). The van der Waals surface area contributed by atoms with Crippen molar-refractivity contribution < 1.29 is 13.6 Å². The van der Waals surface area contributed by atoms with E-state index >= 15 is 0 Å². The summed E-state index contributed by atoms with van der Waals surface area (Å²) in [6.07, 6.45) is 1.57. The summed E-state index contributed by atoms with van der Waals surface area (Å²) in [6.45, 7) is 5.00. The molecule has 1 aliphatic heterocycles. The van der Waals surface area contributed by atoms with Crippen LogP contribution >= 0.6 is 11.8 Å². The molecule has 1 aliphatic rings. The molecule has 0 radical (unpaired) electrons. The summed E-state index contributed by atoms with van der Waals surface area (Å²) in [5, 5.41) is 17.9. The van der Waals surface area contributed by atoms with Crippen LogP contribution in [0.2, 0.25) is 0 Å². The maximum atomic E-state index is 5.72. The molecule has 4 heterocycles. The maximum absolute atomic E-state index is 5.72. The van der Waals surface area contributed by atoms with Crippen LogP contribution in [0.25, 0.3) is 17.3 Å². The van der Waals surface area contributed by atoms with E-state index in [4.69, 9.17) is 13.6 Å². The molecule has 0 bridgehead atoms. The van der Waals surface area contributed by atoms with Crippen LogP contribution in [0.5, 0.6) is 0 Å². The minimum atomic E-state index is 0.366. The molecule has 1 saturated heterocycles. The van der Waals surface area contributed by atoms with Gasteiger partial charge < -0.3 is 18.5 Å². The zero-order valence-electron chi connectivity index (χ0n) is 16.4. The molecule has 0 aliphatic carbocycles. The van der Waals surface area contributed by atoms with E-state index in [9.17, 15) is 0 Å². The number of aromatic nitrogens is 5. The average Bonchev–Trinajstić information content (AvgIpc) is 3.53. The normalized spacial score (nSPS) is 14.4. The lowest BCUT2D eigenvalue weighted by atomic mass is 10.2. The van der Waals surface area contributed by atoms with E-state index in [1.165, 1.54) is 17.3 Å². The summed E-state index contributed by atoms with van der Waals surface area (Å²) >= 11 is 1.50.